The highest BCUT2D eigenvalue weighted by molar-refractivity contribution is 7.97. The fourth-order valence-corrected chi connectivity index (χ4v) is 5.85. The molecule has 3 aromatic rings. The Bertz CT molecular complexity index is 894. The van der Waals surface area contributed by atoms with Crippen LogP contribution in [0.5, 0.6) is 5.75 Å². The minimum absolute atomic E-state index is 0.318. The lowest BCUT2D eigenvalue weighted by molar-refractivity contribution is 0.122. The first-order valence-corrected chi connectivity index (χ1v) is 10.9. The van der Waals surface area contributed by atoms with Gasteiger partial charge in [-0.1, -0.05) is 43.0 Å². The van der Waals surface area contributed by atoms with Crippen LogP contribution in [0.2, 0.25) is 0 Å². The van der Waals surface area contributed by atoms with Crippen LogP contribution in [0, 0.1) is 5.82 Å². The first-order chi connectivity index (χ1) is 13.7. The zero-order chi connectivity index (χ0) is 19.4. The number of benzene rings is 3. The smallest absolute Gasteiger partial charge is 0.170 e. The summed E-state index contributed by atoms with van der Waals surface area (Å²) in [5.74, 6) is 0.00482. The molecule has 142 valence electrons. The molecule has 0 heterocycles. The van der Waals surface area contributed by atoms with Gasteiger partial charge in [0.1, 0.15) is 5.60 Å². The molecule has 28 heavy (non-hydrogen) atoms. The highest BCUT2D eigenvalue weighted by atomic mass is 32.2. The van der Waals surface area contributed by atoms with E-state index < -0.39 is 5.60 Å². The van der Waals surface area contributed by atoms with Crippen molar-refractivity contribution < 1.29 is 9.13 Å². The van der Waals surface area contributed by atoms with Crippen LogP contribution in [0.15, 0.2) is 106 Å². The molecular weight excluding hydrogens is 367 g/mol. The van der Waals surface area contributed by atoms with Gasteiger partial charge in [-0.25, -0.2) is 4.39 Å². The predicted octanol–water partition coefficient (Wildman–Crippen LogP) is 6.80. The third-order valence-corrected chi connectivity index (χ3v) is 7.44. The number of hydrogen-bond donors (Lipinski definition) is 0. The summed E-state index contributed by atoms with van der Waals surface area (Å²) in [5, 5.41) is 0. The van der Waals surface area contributed by atoms with Crippen LogP contribution in [0.4, 0.5) is 4.39 Å². The normalized spacial score (nSPS) is 15.5. The summed E-state index contributed by atoms with van der Waals surface area (Å²) >= 11 is 0. The maximum Gasteiger partial charge on any atom is 0.170 e. The molecule has 0 aliphatic heterocycles. The Morgan fingerprint density at radius 3 is 1.93 bits per heavy atom. The molecule has 0 atom stereocenters. The fraction of sp³-hybridized carbons (Fsp3) is 0.200. The molecular formula is C25H24FOS+. The van der Waals surface area contributed by atoms with Crippen molar-refractivity contribution in [2.24, 2.45) is 0 Å². The molecule has 3 heteroatoms. The van der Waals surface area contributed by atoms with Gasteiger partial charge in [-0.2, -0.15) is 0 Å². The number of rotatable bonds is 6. The first kappa shape index (κ1) is 18.8. The molecule has 3 aromatic carbocycles. The minimum atomic E-state index is -0.447. The van der Waals surface area contributed by atoms with E-state index >= 15 is 0 Å². The molecule has 4 rings (SSSR count). The third kappa shape index (κ3) is 3.85. The third-order valence-electron chi connectivity index (χ3n) is 5.23. The minimum Gasteiger partial charge on any atom is -0.480 e. The second-order valence-electron chi connectivity index (χ2n) is 7.10. The van der Waals surface area contributed by atoms with Gasteiger partial charge < -0.3 is 4.74 Å². The lowest BCUT2D eigenvalue weighted by Crippen LogP contribution is -2.30. The van der Waals surface area contributed by atoms with Gasteiger partial charge in [0.15, 0.2) is 26.3 Å². The van der Waals surface area contributed by atoms with E-state index in [9.17, 15) is 4.39 Å². The molecule has 0 unspecified atom stereocenters. The molecule has 1 aliphatic carbocycles. The number of halogens is 1. The zero-order valence-corrected chi connectivity index (χ0v) is 16.6. The van der Waals surface area contributed by atoms with E-state index in [0.29, 0.717) is 5.75 Å². The lowest BCUT2D eigenvalue weighted by atomic mass is 10.0. The molecule has 1 nitrogen and oxygen atoms in total. The Morgan fingerprint density at radius 1 is 0.821 bits per heavy atom. The quantitative estimate of drug-likeness (QED) is 0.332. The second kappa shape index (κ2) is 8.24. The summed E-state index contributed by atoms with van der Waals surface area (Å²) in [4.78, 5) is 3.45. The van der Waals surface area contributed by atoms with Crippen molar-refractivity contribution >= 4 is 10.9 Å². The van der Waals surface area contributed by atoms with Gasteiger partial charge in [0.05, 0.1) is 10.9 Å². The summed E-state index contributed by atoms with van der Waals surface area (Å²) < 4.78 is 20.9. The maximum atomic E-state index is 14.6. The van der Waals surface area contributed by atoms with E-state index in [1.165, 1.54) is 15.9 Å². The molecule has 0 saturated heterocycles. The molecule has 0 N–H and O–H groups in total. The van der Waals surface area contributed by atoms with Crippen molar-refractivity contribution in [2.75, 3.05) is 0 Å². The number of ether oxygens (including phenoxy) is 1. The summed E-state index contributed by atoms with van der Waals surface area (Å²) in [7, 11) is -0.324. The van der Waals surface area contributed by atoms with Crippen molar-refractivity contribution in [2.45, 2.75) is 46.0 Å². The number of hydrogen-bond acceptors (Lipinski definition) is 1. The van der Waals surface area contributed by atoms with E-state index in [-0.39, 0.29) is 16.7 Å². The standard InChI is InChI=1S/C25H24FOS/c1-2-25(17-9-10-18-25)27-24-19-22(15-16-23(24)26)28(20-11-5-3-6-12-20)21-13-7-4-8-14-21/h2-8,11-16,19H,1,9-10,17-18H2/q+1. The molecule has 0 spiro atoms. The van der Waals surface area contributed by atoms with Gasteiger partial charge in [0.25, 0.3) is 0 Å². The highest BCUT2D eigenvalue weighted by Crippen LogP contribution is 2.39. The van der Waals surface area contributed by atoms with Crippen LogP contribution in [0.25, 0.3) is 0 Å². The Kier molecular flexibility index (Phi) is 5.54. The topological polar surface area (TPSA) is 9.23 Å². The second-order valence-corrected chi connectivity index (χ2v) is 9.13. The molecule has 0 aromatic heterocycles. The molecule has 0 amide bonds. The first-order valence-electron chi connectivity index (χ1n) is 9.67. The van der Waals surface area contributed by atoms with Crippen LogP contribution < -0.4 is 4.74 Å². The van der Waals surface area contributed by atoms with Crippen LogP contribution in [-0.2, 0) is 10.9 Å². The van der Waals surface area contributed by atoms with Gasteiger partial charge in [-0.15, -0.1) is 0 Å². The van der Waals surface area contributed by atoms with Crippen LogP contribution in [0.1, 0.15) is 25.7 Å². The largest absolute Gasteiger partial charge is 0.480 e. The Balaban J connectivity index is 1.76. The lowest BCUT2D eigenvalue weighted by Gasteiger charge is -2.26. The predicted molar refractivity (Wildman–Crippen MR) is 113 cm³/mol. The molecule has 1 fully saturated rings. The average Bonchev–Trinajstić information content (AvgIpc) is 3.21. The van der Waals surface area contributed by atoms with Crippen molar-refractivity contribution in [3.8, 4) is 5.75 Å². The van der Waals surface area contributed by atoms with Crippen molar-refractivity contribution in [3.63, 3.8) is 0 Å². The summed E-state index contributed by atoms with van der Waals surface area (Å²) in [6.07, 6.45) is 5.81. The average molecular weight is 392 g/mol. The summed E-state index contributed by atoms with van der Waals surface area (Å²) in [5.41, 5.74) is -0.447. The van der Waals surface area contributed by atoms with E-state index in [1.807, 2.05) is 54.6 Å². The van der Waals surface area contributed by atoms with E-state index in [4.69, 9.17) is 4.74 Å². The summed E-state index contributed by atoms with van der Waals surface area (Å²) in [6, 6.07) is 26.0. The zero-order valence-electron chi connectivity index (χ0n) is 15.8. The van der Waals surface area contributed by atoms with Gasteiger partial charge in [0, 0.05) is 6.07 Å². The van der Waals surface area contributed by atoms with Crippen LogP contribution in [-0.4, -0.2) is 5.60 Å². The van der Waals surface area contributed by atoms with E-state index in [2.05, 4.69) is 30.8 Å². The van der Waals surface area contributed by atoms with Gasteiger partial charge >= 0.3 is 0 Å². The molecule has 0 radical (unpaired) electrons. The molecule has 1 aliphatic rings. The van der Waals surface area contributed by atoms with Crippen LogP contribution >= 0.6 is 0 Å². The van der Waals surface area contributed by atoms with Gasteiger partial charge in [-0.05, 0) is 68.2 Å². The van der Waals surface area contributed by atoms with Crippen LogP contribution in [0.3, 0.4) is 0 Å². The van der Waals surface area contributed by atoms with Crippen molar-refractivity contribution in [3.05, 3.63) is 97.3 Å². The van der Waals surface area contributed by atoms with Gasteiger partial charge in [0.2, 0.25) is 0 Å². The van der Waals surface area contributed by atoms with Gasteiger partial charge in [-0.3, -0.25) is 0 Å². The Hall–Kier alpha value is -2.52. The molecule has 1 saturated carbocycles. The van der Waals surface area contributed by atoms with Crippen molar-refractivity contribution in [1.29, 1.82) is 0 Å². The van der Waals surface area contributed by atoms with E-state index in [0.717, 1.165) is 30.6 Å². The van der Waals surface area contributed by atoms with Crippen molar-refractivity contribution in [1.82, 2.24) is 0 Å². The Labute approximate surface area is 169 Å². The maximum absolute atomic E-state index is 14.6. The Morgan fingerprint density at radius 2 is 1.39 bits per heavy atom. The SMILES string of the molecule is C=CC1(Oc2cc([S+](c3ccccc3)c3ccccc3)ccc2F)CCCC1. The highest BCUT2D eigenvalue weighted by Gasteiger charge is 2.35. The monoisotopic (exact) mass is 391 g/mol. The molecule has 0 bridgehead atoms. The van der Waals surface area contributed by atoms with E-state index in [1.54, 1.807) is 0 Å². The summed E-state index contributed by atoms with van der Waals surface area (Å²) in [6.45, 7) is 3.95. The fourth-order valence-electron chi connectivity index (χ4n) is 3.75.